The summed E-state index contributed by atoms with van der Waals surface area (Å²) in [5.41, 5.74) is 2.37. The molecule has 29 heavy (non-hydrogen) atoms. The number of piperidine rings is 1. The van der Waals surface area contributed by atoms with Gasteiger partial charge in [-0.2, -0.15) is 5.10 Å². The molecular weight excluding hydrogens is 400 g/mol. The first-order chi connectivity index (χ1) is 13.9. The molecule has 9 nitrogen and oxygen atoms in total. The Balaban J connectivity index is 0.000000258. The standard InChI is InChI=1S/C15H15ClN4O.C4H4O4/c16-10-2-1-3-11-14(10)15-18-13(21)8-12(20(15)19-11)9-4-6-17-7-5-9;5-3(6)1-2-4(7)8/h1-3,8-9,17H,4-7H2,(H,18,21);1-2H,(H,5,6)(H,7,8)/b;2-1-. The van der Waals surface area contributed by atoms with Gasteiger partial charge in [-0.15, -0.1) is 0 Å². The molecule has 0 spiro atoms. The maximum absolute atomic E-state index is 12.0. The minimum Gasteiger partial charge on any atom is -0.478 e. The number of nitrogens with one attached hydrogen (secondary N) is 2. The van der Waals surface area contributed by atoms with E-state index in [0.29, 0.717) is 28.7 Å². The van der Waals surface area contributed by atoms with Crippen LogP contribution in [0.1, 0.15) is 24.5 Å². The van der Waals surface area contributed by atoms with Crippen LogP contribution in [0.5, 0.6) is 0 Å². The fourth-order valence-corrected chi connectivity index (χ4v) is 3.55. The number of nitrogens with zero attached hydrogens (tertiary/aromatic N) is 2. The molecule has 152 valence electrons. The summed E-state index contributed by atoms with van der Waals surface area (Å²) in [6.07, 6.45) is 3.15. The van der Waals surface area contributed by atoms with Crippen LogP contribution in [0.25, 0.3) is 16.6 Å². The lowest BCUT2D eigenvalue weighted by molar-refractivity contribution is -0.134. The van der Waals surface area contributed by atoms with E-state index < -0.39 is 11.9 Å². The van der Waals surface area contributed by atoms with Gasteiger partial charge in [0.15, 0.2) is 0 Å². The third-order valence-electron chi connectivity index (χ3n) is 4.54. The summed E-state index contributed by atoms with van der Waals surface area (Å²) < 4.78 is 1.86. The number of carboxylic acid groups (broad SMARTS) is 2. The molecular formula is C19H19ClN4O5. The van der Waals surface area contributed by atoms with Crippen LogP contribution in [-0.4, -0.2) is 49.8 Å². The molecule has 0 amide bonds. The number of carboxylic acids is 2. The van der Waals surface area contributed by atoms with Crippen molar-refractivity contribution in [3.05, 3.63) is 57.5 Å². The van der Waals surface area contributed by atoms with Crippen molar-refractivity contribution in [3.63, 3.8) is 0 Å². The van der Waals surface area contributed by atoms with Crippen molar-refractivity contribution in [2.45, 2.75) is 18.8 Å². The maximum atomic E-state index is 12.0. The van der Waals surface area contributed by atoms with Gasteiger partial charge in [-0.25, -0.2) is 14.1 Å². The molecule has 1 aliphatic rings. The highest BCUT2D eigenvalue weighted by Crippen LogP contribution is 2.29. The zero-order chi connectivity index (χ0) is 21.0. The van der Waals surface area contributed by atoms with Crippen LogP contribution in [0.2, 0.25) is 5.02 Å². The van der Waals surface area contributed by atoms with E-state index >= 15 is 0 Å². The van der Waals surface area contributed by atoms with E-state index in [1.165, 1.54) is 0 Å². The van der Waals surface area contributed by atoms with E-state index in [9.17, 15) is 14.4 Å². The summed E-state index contributed by atoms with van der Waals surface area (Å²) in [6.45, 7) is 1.95. The number of aliphatic carboxylic acids is 2. The van der Waals surface area contributed by atoms with Crippen molar-refractivity contribution < 1.29 is 19.8 Å². The molecule has 2 aromatic heterocycles. The van der Waals surface area contributed by atoms with Gasteiger partial charge in [-0.1, -0.05) is 17.7 Å². The van der Waals surface area contributed by atoms with Crippen LogP contribution in [-0.2, 0) is 9.59 Å². The third-order valence-corrected chi connectivity index (χ3v) is 4.85. The van der Waals surface area contributed by atoms with Gasteiger partial charge < -0.3 is 20.5 Å². The molecule has 0 bridgehead atoms. The first-order valence-electron chi connectivity index (χ1n) is 8.91. The highest BCUT2D eigenvalue weighted by Gasteiger charge is 2.21. The number of fused-ring (bicyclic) bond motifs is 3. The second-order valence-corrected chi connectivity index (χ2v) is 6.89. The summed E-state index contributed by atoms with van der Waals surface area (Å²) >= 11 is 6.28. The minimum atomic E-state index is -1.26. The number of halogens is 1. The average molecular weight is 419 g/mol. The Kier molecular flexibility index (Phi) is 6.30. The first kappa shape index (κ1) is 20.6. The Morgan fingerprint density at radius 2 is 1.83 bits per heavy atom. The Bertz CT molecular complexity index is 1130. The lowest BCUT2D eigenvalue weighted by atomic mass is 9.94. The molecule has 0 aliphatic carbocycles. The highest BCUT2D eigenvalue weighted by atomic mass is 35.5. The van der Waals surface area contributed by atoms with Gasteiger partial charge in [0.05, 0.1) is 21.6 Å². The maximum Gasteiger partial charge on any atom is 0.328 e. The van der Waals surface area contributed by atoms with Gasteiger partial charge in [0.2, 0.25) is 0 Å². The molecule has 1 saturated heterocycles. The highest BCUT2D eigenvalue weighted by molar-refractivity contribution is 6.36. The van der Waals surface area contributed by atoms with Crippen LogP contribution < -0.4 is 10.9 Å². The molecule has 1 aromatic carbocycles. The second-order valence-electron chi connectivity index (χ2n) is 6.49. The van der Waals surface area contributed by atoms with E-state index in [1.807, 2.05) is 22.7 Å². The number of aromatic amines is 1. The predicted octanol–water partition coefficient (Wildman–Crippen LogP) is 2.01. The van der Waals surface area contributed by atoms with E-state index in [-0.39, 0.29) is 5.56 Å². The molecule has 1 aliphatic heterocycles. The molecule has 1 fully saturated rings. The Morgan fingerprint density at radius 3 is 2.45 bits per heavy atom. The van der Waals surface area contributed by atoms with E-state index in [0.717, 1.165) is 42.5 Å². The van der Waals surface area contributed by atoms with Gasteiger partial charge in [0.1, 0.15) is 5.65 Å². The SMILES string of the molecule is O=C(O)/C=C\C(=O)O.O=c1cc(C2CCNCC2)n2nc3cccc(Cl)c3c2[nH]1. The fraction of sp³-hybridized carbons (Fsp3) is 0.263. The van der Waals surface area contributed by atoms with Crippen LogP contribution in [0.3, 0.4) is 0 Å². The first-order valence-corrected chi connectivity index (χ1v) is 9.29. The number of benzene rings is 1. The summed E-state index contributed by atoms with van der Waals surface area (Å²) in [5.74, 6) is -2.16. The smallest absolute Gasteiger partial charge is 0.328 e. The predicted molar refractivity (Wildman–Crippen MR) is 108 cm³/mol. The lowest BCUT2D eigenvalue weighted by Gasteiger charge is -2.23. The molecule has 4 N–H and O–H groups in total. The Labute approximate surface area is 169 Å². The number of hydrogen-bond acceptors (Lipinski definition) is 5. The lowest BCUT2D eigenvalue weighted by Crippen LogP contribution is -2.28. The normalized spacial score (nSPS) is 14.8. The molecule has 3 aromatic rings. The fourth-order valence-electron chi connectivity index (χ4n) is 3.30. The monoisotopic (exact) mass is 418 g/mol. The Morgan fingerprint density at radius 1 is 1.17 bits per heavy atom. The van der Waals surface area contributed by atoms with E-state index in [4.69, 9.17) is 21.8 Å². The van der Waals surface area contributed by atoms with Gasteiger partial charge in [0.25, 0.3) is 5.56 Å². The summed E-state index contributed by atoms with van der Waals surface area (Å²) in [4.78, 5) is 34.0. The van der Waals surface area contributed by atoms with Crippen LogP contribution in [0.4, 0.5) is 0 Å². The Hall–Kier alpha value is -3.17. The average Bonchev–Trinajstić information content (AvgIpc) is 3.06. The van der Waals surface area contributed by atoms with Crippen molar-refractivity contribution in [2.75, 3.05) is 13.1 Å². The van der Waals surface area contributed by atoms with Crippen LogP contribution in [0, 0.1) is 0 Å². The molecule has 0 saturated carbocycles. The second kappa shape index (κ2) is 8.89. The topological polar surface area (TPSA) is 137 Å². The number of hydrogen-bond donors (Lipinski definition) is 4. The van der Waals surface area contributed by atoms with Crippen molar-refractivity contribution in [1.29, 1.82) is 0 Å². The zero-order valence-corrected chi connectivity index (χ0v) is 16.0. The van der Waals surface area contributed by atoms with E-state index in [2.05, 4.69) is 15.4 Å². The van der Waals surface area contributed by atoms with Gasteiger partial charge >= 0.3 is 11.9 Å². The van der Waals surface area contributed by atoms with Crippen molar-refractivity contribution in [3.8, 4) is 0 Å². The molecule has 4 rings (SSSR count). The number of H-pyrrole nitrogens is 1. The zero-order valence-electron chi connectivity index (χ0n) is 15.3. The molecule has 0 atom stereocenters. The summed E-state index contributed by atoms with van der Waals surface area (Å²) in [7, 11) is 0. The van der Waals surface area contributed by atoms with Gasteiger partial charge in [-0.05, 0) is 38.1 Å². The van der Waals surface area contributed by atoms with Crippen LogP contribution in [0.15, 0.2) is 41.2 Å². The molecule has 10 heteroatoms. The quantitative estimate of drug-likeness (QED) is 0.477. The number of rotatable bonds is 3. The van der Waals surface area contributed by atoms with Crippen molar-refractivity contribution >= 4 is 40.1 Å². The molecule has 0 unspecified atom stereocenters. The minimum absolute atomic E-state index is 0.0993. The van der Waals surface area contributed by atoms with Crippen LogP contribution >= 0.6 is 11.6 Å². The summed E-state index contributed by atoms with van der Waals surface area (Å²) in [6, 6.07) is 7.28. The van der Waals surface area contributed by atoms with Gasteiger partial charge in [0, 0.05) is 24.1 Å². The van der Waals surface area contributed by atoms with Gasteiger partial charge in [-0.3, -0.25) is 4.79 Å². The van der Waals surface area contributed by atoms with Crippen molar-refractivity contribution in [1.82, 2.24) is 19.9 Å². The number of carbonyl (C=O) groups is 2. The number of aromatic nitrogens is 3. The molecule has 3 heterocycles. The third kappa shape index (κ3) is 4.82. The van der Waals surface area contributed by atoms with E-state index in [1.54, 1.807) is 6.07 Å². The summed E-state index contributed by atoms with van der Waals surface area (Å²) in [5, 5.41) is 25.0. The molecule has 0 radical (unpaired) electrons. The van der Waals surface area contributed by atoms with Crippen molar-refractivity contribution in [2.24, 2.45) is 0 Å². The largest absolute Gasteiger partial charge is 0.478 e.